The zero-order valence-corrected chi connectivity index (χ0v) is 19.2. The summed E-state index contributed by atoms with van der Waals surface area (Å²) in [5.41, 5.74) is 1.75. The van der Waals surface area contributed by atoms with E-state index in [1.807, 2.05) is 13.8 Å². The molecule has 12 heteroatoms. The van der Waals surface area contributed by atoms with E-state index in [9.17, 15) is 24.9 Å². The first-order chi connectivity index (χ1) is 14.1. The van der Waals surface area contributed by atoms with E-state index < -0.39 is 47.7 Å². The van der Waals surface area contributed by atoms with E-state index in [1.165, 1.54) is 13.3 Å². The lowest BCUT2D eigenvalue weighted by Crippen LogP contribution is -2.57. The van der Waals surface area contributed by atoms with Crippen LogP contribution in [0.25, 0.3) is 0 Å². The van der Waals surface area contributed by atoms with Crippen LogP contribution in [0.5, 0.6) is 0 Å². The fourth-order valence-electron chi connectivity index (χ4n) is 3.43. The quantitative estimate of drug-likeness (QED) is 0.230. The third-order valence-corrected chi connectivity index (χ3v) is 6.47. The van der Waals surface area contributed by atoms with Crippen LogP contribution >= 0.6 is 22.6 Å². The van der Waals surface area contributed by atoms with Crippen molar-refractivity contribution in [1.29, 1.82) is 0 Å². The molecule has 170 valence electrons. The Kier molecular flexibility index (Phi) is 8.21. The Hall–Kier alpha value is -1.32. The van der Waals surface area contributed by atoms with Crippen molar-refractivity contribution >= 4 is 34.4 Å². The molecule has 1 fully saturated rings. The fraction of sp³-hybridized carbons (Fsp3) is 0.722. The largest absolute Gasteiger partial charge is 0.461 e. The zero-order valence-electron chi connectivity index (χ0n) is 17.1. The molecule has 0 radical (unpaired) electrons. The first kappa shape index (κ1) is 24.9. The Morgan fingerprint density at radius 1 is 1.40 bits per heavy atom. The van der Waals surface area contributed by atoms with Crippen LogP contribution < -0.4 is 11.4 Å². The number of halogens is 1. The van der Waals surface area contributed by atoms with Crippen LogP contribution in [0.1, 0.15) is 26.7 Å². The van der Waals surface area contributed by atoms with E-state index in [-0.39, 0.29) is 12.4 Å². The Morgan fingerprint density at radius 3 is 2.53 bits per heavy atom. The Bertz CT molecular complexity index is 815. The van der Waals surface area contributed by atoms with Gasteiger partial charge in [0.1, 0.15) is 24.1 Å². The second-order valence-electron chi connectivity index (χ2n) is 7.31. The molecule has 5 N–H and O–H groups in total. The van der Waals surface area contributed by atoms with Crippen molar-refractivity contribution in [3.63, 3.8) is 0 Å². The summed E-state index contributed by atoms with van der Waals surface area (Å²) >= 11 is 1.80. The average Bonchev–Trinajstić information content (AvgIpc) is 2.99. The van der Waals surface area contributed by atoms with E-state index in [0.717, 1.165) is 4.57 Å². The highest BCUT2D eigenvalue weighted by Gasteiger charge is 2.62. The van der Waals surface area contributed by atoms with E-state index in [1.54, 1.807) is 22.6 Å². The number of nitrogens with two attached hydrogens (primary N) is 1. The van der Waals surface area contributed by atoms with Crippen LogP contribution in [0.4, 0.5) is 5.82 Å². The van der Waals surface area contributed by atoms with E-state index >= 15 is 0 Å². The van der Waals surface area contributed by atoms with Crippen molar-refractivity contribution in [3.8, 4) is 0 Å². The third kappa shape index (κ3) is 4.34. The number of carbonyl (C=O) groups excluding carboxylic acids is 1. The van der Waals surface area contributed by atoms with Crippen molar-refractivity contribution in [2.75, 3.05) is 32.7 Å². The van der Waals surface area contributed by atoms with Gasteiger partial charge in [-0.1, -0.05) is 13.8 Å². The van der Waals surface area contributed by atoms with Gasteiger partial charge in [-0.2, -0.15) is 4.98 Å². The molecule has 1 aromatic heterocycles. The molecule has 0 amide bonds. The van der Waals surface area contributed by atoms with Crippen LogP contribution in [0.15, 0.2) is 11.0 Å². The maximum atomic E-state index is 13.3. The number of ether oxygens (including phenoxy) is 3. The number of carbonyl (C=O) groups is 1. The van der Waals surface area contributed by atoms with Gasteiger partial charge in [0.15, 0.2) is 0 Å². The summed E-state index contributed by atoms with van der Waals surface area (Å²) in [5, 5.41) is 30.5. The molecule has 2 rings (SSSR count). The van der Waals surface area contributed by atoms with Crippen molar-refractivity contribution < 1.29 is 34.3 Å². The van der Waals surface area contributed by atoms with Crippen molar-refractivity contribution in [2.45, 2.75) is 50.7 Å². The summed E-state index contributed by atoms with van der Waals surface area (Å²) in [4.78, 5) is 29.5. The van der Waals surface area contributed by atoms with Gasteiger partial charge < -0.3 is 35.3 Å². The molecule has 1 saturated heterocycles. The average molecular weight is 541 g/mol. The Morgan fingerprint density at radius 2 is 2.03 bits per heavy atom. The van der Waals surface area contributed by atoms with Crippen molar-refractivity contribution in [1.82, 2.24) is 9.55 Å². The second-order valence-corrected chi connectivity index (χ2v) is 8.48. The van der Waals surface area contributed by atoms with Crippen LogP contribution in [-0.2, 0) is 24.7 Å². The minimum Gasteiger partial charge on any atom is -0.461 e. The second kappa shape index (κ2) is 9.87. The fourth-order valence-corrected chi connectivity index (χ4v) is 3.83. The van der Waals surface area contributed by atoms with Gasteiger partial charge >= 0.3 is 11.7 Å². The van der Waals surface area contributed by atoms with Gasteiger partial charge in [-0.05, 0) is 35.4 Å². The molecule has 0 spiro atoms. The molecule has 11 nitrogen and oxygen atoms in total. The van der Waals surface area contributed by atoms with Crippen molar-refractivity contribution in [3.05, 3.63) is 20.3 Å². The number of hydrogen-bond acceptors (Lipinski definition) is 10. The lowest BCUT2D eigenvalue weighted by molar-refractivity contribution is -0.206. The number of hydrogen-bond donors (Lipinski definition) is 4. The first-order valence-corrected chi connectivity index (χ1v) is 10.6. The highest BCUT2D eigenvalue weighted by molar-refractivity contribution is 14.1. The molecule has 0 unspecified atom stereocenters. The van der Waals surface area contributed by atoms with Gasteiger partial charge in [-0.15, -0.1) is 0 Å². The number of esters is 1. The molecular formula is C18H28IN3O8. The minimum atomic E-state index is -2.44. The monoisotopic (exact) mass is 541 g/mol. The summed E-state index contributed by atoms with van der Waals surface area (Å²) in [5.74, 6) is -1.17. The molecule has 2 heterocycles. The molecule has 1 aliphatic heterocycles. The maximum absolute atomic E-state index is 13.3. The molecule has 30 heavy (non-hydrogen) atoms. The van der Waals surface area contributed by atoms with Crippen LogP contribution in [0, 0.1) is 8.99 Å². The van der Waals surface area contributed by atoms with Gasteiger partial charge in [0.2, 0.25) is 0 Å². The predicted molar refractivity (Wildman–Crippen MR) is 113 cm³/mol. The summed E-state index contributed by atoms with van der Waals surface area (Å²) in [6.07, 6.45) is -2.40. The SMILES string of the molecule is CCC(CC)(COC)COC(=O)[C@@]1(n2cc(I)c(N)nc2=O)O[C@H](CO)[C@@H](O)[C@H]1O. The summed E-state index contributed by atoms with van der Waals surface area (Å²) in [6, 6.07) is 0. The topological polar surface area (TPSA) is 166 Å². The van der Waals surface area contributed by atoms with Crippen LogP contribution in [-0.4, -0.2) is 76.1 Å². The third-order valence-electron chi connectivity index (χ3n) is 5.64. The Balaban J connectivity index is 2.52. The van der Waals surface area contributed by atoms with E-state index in [4.69, 9.17) is 19.9 Å². The summed E-state index contributed by atoms with van der Waals surface area (Å²) in [6.45, 7) is 3.41. The maximum Gasteiger partial charge on any atom is 0.363 e. The van der Waals surface area contributed by atoms with Crippen LogP contribution in [0.3, 0.4) is 0 Å². The van der Waals surface area contributed by atoms with Gasteiger partial charge in [-0.3, -0.25) is 4.57 Å². The van der Waals surface area contributed by atoms with Gasteiger partial charge in [0, 0.05) is 18.7 Å². The lowest BCUT2D eigenvalue weighted by Gasteiger charge is -2.34. The molecule has 4 atom stereocenters. The Labute approximate surface area is 187 Å². The highest BCUT2D eigenvalue weighted by Crippen LogP contribution is 2.37. The predicted octanol–water partition coefficient (Wildman–Crippen LogP) is -0.808. The number of nitrogen functional groups attached to an aromatic ring is 1. The number of methoxy groups -OCH3 is 1. The van der Waals surface area contributed by atoms with Crippen molar-refractivity contribution in [2.24, 2.45) is 5.41 Å². The molecule has 0 aliphatic carbocycles. The smallest absolute Gasteiger partial charge is 0.363 e. The number of nitrogens with zero attached hydrogens (tertiary/aromatic N) is 2. The molecule has 1 aromatic rings. The molecular weight excluding hydrogens is 513 g/mol. The number of aromatic nitrogens is 2. The zero-order chi connectivity index (χ0) is 22.7. The minimum absolute atomic E-state index is 0.0665. The van der Waals surface area contributed by atoms with Crippen LogP contribution in [0.2, 0.25) is 0 Å². The number of rotatable bonds is 9. The number of aliphatic hydroxyl groups excluding tert-OH is 3. The number of anilines is 1. The molecule has 0 bridgehead atoms. The normalized spacial score (nSPS) is 26.7. The van der Waals surface area contributed by atoms with E-state index in [0.29, 0.717) is 23.0 Å². The summed E-state index contributed by atoms with van der Waals surface area (Å²) < 4.78 is 17.4. The first-order valence-electron chi connectivity index (χ1n) is 9.48. The van der Waals surface area contributed by atoms with Gasteiger partial charge in [0.25, 0.3) is 5.72 Å². The standard InChI is InChI=1S/C18H28IN3O8/c1-4-17(5-2,8-28-3)9-29-15(26)18(13(25)12(24)11(7-23)30-18)22-6-10(19)14(20)21-16(22)27/h6,11-13,23-25H,4-5,7-9H2,1-3H3,(H2,20,21,27)/t11-,12-,13-,18+/m1/s1. The molecule has 1 aliphatic rings. The van der Waals surface area contributed by atoms with Gasteiger partial charge in [-0.25, -0.2) is 9.59 Å². The molecule has 0 saturated carbocycles. The highest BCUT2D eigenvalue weighted by atomic mass is 127. The van der Waals surface area contributed by atoms with Gasteiger partial charge in [0.05, 0.1) is 23.4 Å². The molecule has 0 aromatic carbocycles. The summed E-state index contributed by atoms with van der Waals surface area (Å²) in [7, 11) is 1.54. The lowest BCUT2D eigenvalue weighted by atomic mass is 9.84. The number of aliphatic hydroxyl groups is 3. The van der Waals surface area contributed by atoms with E-state index in [2.05, 4.69) is 4.98 Å².